The van der Waals surface area contributed by atoms with Crippen LogP contribution in [-0.2, 0) is 11.3 Å². The van der Waals surface area contributed by atoms with Gasteiger partial charge in [0.05, 0.1) is 5.56 Å². The van der Waals surface area contributed by atoms with Crippen molar-refractivity contribution in [2.45, 2.75) is 26.3 Å². The summed E-state index contributed by atoms with van der Waals surface area (Å²) >= 11 is 5.42. The lowest BCUT2D eigenvalue weighted by Gasteiger charge is -2.15. The number of fused-ring (bicyclic) bond motifs is 1. The maximum absolute atomic E-state index is 11.4. The number of carbonyl (C=O) groups is 1. The summed E-state index contributed by atoms with van der Waals surface area (Å²) in [4.78, 5) is 11.8. The largest absolute Gasteiger partial charge is 0.508 e. The number of benzene rings is 2. The van der Waals surface area contributed by atoms with Gasteiger partial charge in [-0.2, -0.15) is 0 Å². The first-order valence-corrected chi connectivity index (χ1v) is 8.65. The van der Waals surface area contributed by atoms with Crippen LogP contribution < -0.4 is 15.4 Å². The number of phenolic OH excluding ortho intramolecular Hbond substituents is 2. The fourth-order valence-corrected chi connectivity index (χ4v) is 3.02. The number of anilines is 1. The predicted molar refractivity (Wildman–Crippen MR) is 103 cm³/mol. The monoisotopic (exact) mass is 372 g/mol. The van der Waals surface area contributed by atoms with Gasteiger partial charge in [0, 0.05) is 29.9 Å². The van der Waals surface area contributed by atoms with E-state index >= 15 is 0 Å². The van der Waals surface area contributed by atoms with Gasteiger partial charge in [-0.3, -0.25) is 4.79 Å². The molecule has 4 N–H and O–H groups in total. The molecule has 0 aromatic heterocycles. The minimum absolute atomic E-state index is 0.0304. The Kier molecular flexibility index (Phi) is 4.99. The molecule has 1 heterocycles. The Morgan fingerprint density at radius 2 is 2.00 bits per heavy atom. The van der Waals surface area contributed by atoms with E-state index in [-0.39, 0.29) is 29.9 Å². The fourth-order valence-electron chi connectivity index (χ4n) is 2.74. The summed E-state index contributed by atoms with van der Waals surface area (Å²) < 4.78 is 5.50. The second-order valence-corrected chi connectivity index (χ2v) is 6.83. The van der Waals surface area contributed by atoms with E-state index in [1.807, 2.05) is 26.0 Å². The van der Waals surface area contributed by atoms with E-state index in [0.717, 1.165) is 5.56 Å². The van der Waals surface area contributed by atoms with Crippen molar-refractivity contribution in [1.29, 1.82) is 0 Å². The molecule has 0 atom stereocenters. The molecule has 7 heteroatoms. The number of phenols is 2. The molecule has 1 aliphatic heterocycles. The number of nitrogens with one attached hydrogen (secondary N) is 2. The number of hydrogen-bond acceptors (Lipinski definition) is 5. The van der Waals surface area contributed by atoms with Gasteiger partial charge in [0.15, 0.2) is 6.61 Å². The summed E-state index contributed by atoms with van der Waals surface area (Å²) in [6, 6.07) is 8.43. The first kappa shape index (κ1) is 18.0. The number of ether oxygens (including phenoxy) is 1. The normalized spacial score (nSPS) is 13.4. The van der Waals surface area contributed by atoms with Crippen molar-refractivity contribution in [1.82, 2.24) is 5.32 Å². The predicted octanol–water partition coefficient (Wildman–Crippen LogP) is 3.02. The van der Waals surface area contributed by atoms with Gasteiger partial charge in [0.1, 0.15) is 22.2 Å². The molecule has 136 valence electrons. The molecule has 2 aromatic rings. The molecule has 0 saturated carbocycles. The van der Waals surface area contributed by atoms with Crippen LogP contribution in [0.15, 0.2) is 30.3 Å². The van der Waals surface area contributed by atoms with E-state index < -0.39 is 0 Å². The van der Waals surface area contributed by atoms with E-state index in [1.54, 1.807) is 12.1 Å². The highest BCUT2D eigenvalue weighted by atomic mass is 32.1. The molecule has 6 nitrogen and oxygen atoms in total. The highest BCUT2D eigenvalue weighted by molar-refractivity contribution is 7.81. The zero-order valence-electron chi connectivity index (χ0n) is 14.5. The molecule has 0 unspecified atom stereocenters. The smallest absolute Gasteiger partial charge is 0.258 e. The molecular weight excluding hydrogens is 352 g/mol. The van der Waals surface area contributed by atoms with Crippen molar-refractivity contribution in [2.75, 3.05) is 11.9 Å². The number of amides is 1. The number of carbonyl (C=O) groups excluding carboxylic acids is 1. The van der Waals surface area contributed by atoms with Gasteiger partial charge >= 0.3 is 0 Å². The molecule has 0 radical (unpaired) electrons. The third-order valence-electron chi connectivity index (χ3n) is 4.17. The van der Waals surface area contributed by atoms with Gasteiger partial charge in [0.2, 0.25) is 0 Å². The molecule has 0 fully saturated rings. The first-order chi connectivity index (χ1) is 12.3. The van der Waals surface area contributed by atoms with Crippen LogP contribution in [0, 0.1) is 0 Å². The zero-order valence-corrected chi connectivity index (χ0v) is 15.3. The summed E-state index contributed by atoms with van der Waals surface area (Å²) in [7, 11) is 0. The van der Waals surface area contributed by atoms with Crippen LogP contribution in [0.3, 0.4) is 0 Å². The topological polar surface area (TPSA) is 90.8 Å². The average Bonchev–Trinajstić information content (AvgIpc) is 2.76. The van der Waals surface area contributed by atoms with Crippen LogP contribution in [0.5, 0.6) is 17.2 Å². The Morgan fingerprint density at radius 3 is 2.73 bits per heavy atom. The summed E-state index contributed by atoms with van der Waals surface area (Å²) in [5.41, 5.74) is 2.70. The molecule has 0 bridgehead atoms. The van der Waals surface area contributed by atoms with Gasteiger partial charge in [0.25, 0.3) is 5.91 Å². The lowest BCUT2D eigenvalue weighted by molar-refractivity contribution is -0.122. The van der Waals surface area contributed by atoms with Crippen LogP contribution in [0.2, 0.25) is 0 Å². The molecular formula is C19H20N2O4S. The number of hydrogen-bond donors (Lipinski definition) is 4. The third-order valence-corrected chi connectivity index (χ3v) is 4.49. The van der Waals surface area contributed by atoms with Gasteiger partial charge in [-0.15, -0.1) is 0 Å². The Labute approximate surface area is 156 Å². The van der Waals surface area contributed by atoms with E-state index in [1.165, 1.54) is 6.07 Å². The van der Waals surface area contributed by atoms with Crippen LogP contribution in [0.1, 0.15) is 36.5 Å². The molecule has 0 aliphatic carbocycles. The Balaban J connectivity index is 1.85. The first-order valence-electron chi connectivity index (χ1n) is 8.25. The van der Waals surface area contributed by atoms with Crippen molar-refractivity contribution in [2.24, 2.45) is 0 Å². The Bertz CT molecular complexity index is 880. The van der Waals surface area contributed by atoms with Crippen LogP contribution in [0.4, 0.5) is 5.69 Å². The minimum Gasteiger partial charge on any atom is -0.508 e. The highest BCUT2D eigenvalue weighted by Gasteiger charge is 2.17. The zero-order chi connectivity index (χ0) is 18.8. The molecule has 1 amide bonds. The fraction of sp³-hybridized carbons (Fsp3) is 0.263. The molecule has 3 rings (SSSR count). The summed E-state index contributed by atoms with van der Waals surface area (Å²) in [5.74, 6) is 0.475. The minimum atomic E-state index is -0.165. The van der Waals surface area contributed by atoms with Crippen molar-refractivity contribution in [3.8, 4) is 17.2 Å². The van der Waals surface area contributed by atoms with Crippen molar-refractivity contribution in [3.05, 3.63) is 47.0 Å². The van der Waals surface area contributed by atoms with Gasteiger partial charge < -0.3 is 25.6 Å². The Morgan fingerprint density at radius 1 is 1.23 bits per heavy atom. The quantitative estimate of drug-likeness (QED) is 0.619. The van der Waals surface area contributed by atoms with Crippen molar-refractivity contribution in [3.63, 3.8) is 0 Å². The number of thiocarbonyl (C=S) groups is 1. The van der Waals surface area contributed by atoms with E-state index in [9.17, 15) is 15.0 Å². The van der Waals surface area contributed by atoms with Gasteiger partial charge in [-0.05, 0) is 23.6 Å². The molecule has 0 saturated heterocycles. The Hall–Kier alpha value is -2.80. The van der Waals surface area contributed by atoms with E-state index in [0.29, 0.717) is 34.1 Å². The lowest BCUT2D eigenvalue weighted by atomic mass is 9.98. The second-order valence-electron chi connectivity index (χ2n) is 6.42. The van der Waals surface area contributed by atoms with E-state index in [2.05, 4.69) is 10.6 Å². The molecule has 26 heavy (non-hydrogen) atoms. The molecule has 2 aromatic carbocycles. The van der Waals surface area contributed by atoms with Gasteiger partial charge in [-0.25, -0.2) is 0 Å². The van der Waals surface area contributed by atoms with E-state index in [4.69, 9.17) is 17.0 Å². The van der Waals surface area contributed by atoms with Crippen LogP contribution >= 0.6 is 12.2 Å². The van der Waals surface area contributed by atoms with Gasteiger partial charge in [-0.1, -0.05) is 32.1 Å². The average molecular weight is 372 g/mol. The standard InChI is InChI=1S/C19H20N2O4S/c1-10(2)13-6-14(16(23)7-15(13)22)19(26)21-12-4-3-11-8-20-18(24)9-25-17(11)5-12/h3-7,10,22-23H,8-9H2,1-2H3,(H,20,24)(H,21,26). The van der Waals surface area contributed by atoms with Crippen molar-refractivity contribution >= 4 is 28.8 Å². The van der Waals surface area contributed by atoms with Crippen molar-refractivity contribution < 1.29 is 19.7 Å². The van der Waals surface area contributed by atoms with Crippen LogP contribution in [-0.4, -0.2) is 27.7 Å². The number of rotatable bonds is 3. The van der Waals surface area contributed by atoms with Crippen LogP contribution in [0.25, 0.3) is 0 Å². The summed E-state index contributed by atoms with van der Waals surface area (Å²) in [6.45, 7) is 4.28. The third kappa shape index (κ3) is 3.72. The maximum atomic E-state index is 11.4. The molecule has 1 aliphatic rings. The molecule has 0 spiro atoms. The lowest BCUT2D eigenvalue weighted by Crippen LogP contribution is -2.25. The summed E-state index contributed by atoms with van der Waals surface area (Å²) in [6.07, 6.45) is 0. The highest BCUT2D eigenvalue weighted by Crippen LogP contribution is 2.33. The number of aromatic hydroxyl groups is 2. The maximum Gasteiger partial charge on any atom is 0.258 e. The second kappa shape index (κ2) is 7.21. The summed E-state index contributed by atoms with van der Waals surface area (Å²) in [5, 5.41) is 25.9. The SMILES string of the molecule is CC(C)c1cc(C(=S)Nc2ccc3c(c2)OCC(=O)NC3)c(O)cc1O.